The van der Waals surface area contributed by atoms with Crippen LogP contribution in [0.4, 0.5) is 0 Å². The quantitative estimate of drug-likeness (QED) is 0.537. The van der Waals surface area contributed by atoms with Gasteiger partial charge in [0.15, 0.2) is 0 Å². The average molecular weight is 375 g/mol. The van der Waals surface area contributed by atoms with E-state index in [9.17, 15) is 4.79 Å². The average Bonchev–Trinajstić information content (AvgIpc) is 3.20. The fraction of sp³-hybridized carbons (Fsp3) is 0.696. The van der Waals surface area contributed by atoms with Crippen LogP contribution in [0, 0.1) is 0 Å². The Morgan fingerprint density at radius 1 is 1.11 bits per heavy atom. The highest BCUT2D eigenvalue weighted by molar-refractivity contribution is 5.76. The highest BCUT2D eigenvalue weighted by Crippen LogP contribution is 2.24. The summed E-state index contributed by atoms with van der Waals surface area (Å²) in [6, 6.07) is 8.41. The molecule has 1 saturated heterocycles. The number of carbonyl (C=O) groups excluding carboxylic acids is 1. The molecular weight excluding hydrogens is 336 g/mol. The number of ether oxygens (including phenoxy) is 1. The number of rotatable bonds is 12. The van der Waals surface area contributed by atoms with Gasteiger partial charge in [-0.05, 0) is 50.0 Å². The van der Waals surface area contributed by atoms with Crippen molar-refractivity contribution in [3.63, 3.8) is 0 Å². The molecule has 1 aliphatic heterocycles. The molecule has 1 fully saturated rings. The molecule has 1 aromatic rings. The highest BCUT2D eigenvalue weighted by Gasteiger charge is 2.25. The number of methoxy groups -OCH3 is 1. The molecule has 1 amide bonds. The molecule has 2 atom stereocenters. The third-order valence-electron chi connectivity index (χ3n) is 5.75. The van der Waals surface area contributed by atoms with Crippen molar-refractivity contribution in [3.8, 4) is 5.75 Å². The van der Waals surface area contributed by atoms with E-state index in [1.54, 1.807) is 7.11 Å². The summed E-state index contributed by atoms with van der Waals surface area (Å²) in [4.78, 5) is 15.0. The second kappa shape index (κ2) is 12.0. The molecule has 1 aliphatic rings. The lowest BCUT2D eigenvalue weighted by atomic mass is 9.92. The van der Waals surface area contributed by atoms with E-state index in [-0.39, 0.29) is 17.9 Å². The number of amides is 1. The van der Waals surface area contributed by atoms with Crippen molar-refractivity contribution in [2.45, 2.75) is 77.2 Å². The normalized spacial score (nSPS) is 16.9. The first kappa shape index (κ1) is 21.7. The van der Waals surface area contributed by atoms with Gasteiger partial charge in [-0.3, -0.25) is 4.79 Å². The van der Waals surface area contributed by atoms with Crippen molar-refractivity contribution in [2.75, 3.05) is 26.7 Å². The monoisotopic (exact) mass is 374 g/mol. The molecule has 0 saturated carbocycles. The van der Waals surface area contributed by atoms with Crippen LogP contribution < -0.4 is 10.1 Å². The molecule has 4 nitrogen and oxygen atoms in total. The zero-order valence-electron chi connectivity index (χ0n) is 17.5. The van der Waals surface area contributed by atoms with Crippen molar-refractivity contribution in [3.05, 3.63) is 29.8 Å². The molecule has 152 valence electrons. The fourth-order valence-electron chi connectivity index (χ4n) is 3.88. The molecular formula is C23H38N2O2. The first-order valence-electron chi connectivity index (χ1n) is 10.8. The van der Waals surface area contributed by atoms with E-state index in [0.29, 0.717) is 6.42 Å². The van der Waals surface area contributed by atoms with E-state index in [2.05, 4.69) is 36.2 Å². The lowest BCUT2D eigenvalue weighted by Crippen LogP contribution is -2.46. The van der Waals surface area contributed by atoms with Gasteiger partial charge < -0.3 is 15.0 Å². The number of unbranched alkanes of at least 4 members (excludes halogenated alkanes) is 4. The molecule has 4 heteroatoms. The van der Waals surface area contributed by atoms with Crippen molar-refractivity contribution in [1.82, 2.24) is 10.2 Å². The largest absolute Gasteiger partial charge is 0.497 e. The van der Waals surface area contributed by atoms with E-state index >= 15 is 0 Å². The number of hydrogen-bond donors (Lipinski definition) is 1. The smallest absolute Gasteiger partial charge is 0.220 e. The van der Waals surface area contributed by atoms with E-state index in [0.717, 1.165) is 38.2 Å². The second-order valence-electron chi connectivity index (χ2n) is 7.91. The maximum absolute atomic E-state index is 12.5. The number of nitrogens with one attached hydrogen (secondary N) is 1. The van der Waals surface area contributed by atoms with Crippen LogP contribution in [0.25, 0.3) is 0 Å². The number of benzene rings is 1. The Morgan fingerprint density at radius 2 is 1.78 bits per heavy atom. The molecule has 0 unspecified atom stereocenters. The minimum Gasteiger partial charge on any atom is -0.497 e. The summed E-state index contributed by atoms with van der Waals surface area (Å²) in [5.41, 5.74) is 1.25. The lowest BCUT2D eigenvalue weighted by molar-refractivity contribution is -0.122. The summed E-state index contributed by atoms with van der Waals surface area (Å²) < 4.78 is 5.28. The predicted molar refractivity (Wildman–Crippen MR) is 112 cm³/mol. The summed E-state index contributed by atoms with van der Waals surface area (Å²) >= 11 is 0. The van der Waals surface area contributed by atoms with Gasteiger partial charge in [0.05, 0.1) is 7.11 Å². The molecule has 1 heterocycles. The fourth-order valence-corrected chi connectivity index (χ4v) is 3.88. The number of hydrogen-bond acceptors (Lipinski definition) is 3. The van der Waals surface area contributed by atoms with Crippen LogP contribution in [0.3, 0.4) is 0 Å². The molecule has 1 aromatic carbocycles. The van der Waals surface area contributed by atoms with Crippen LogP contribution in [-0.4, -0.2) is 43.6 Å². The Morgan fingerprint density at radius 3 is 2.41 bits per heavy atom. The van der Waals surface area contributed by atoms with Crippen molar-refractivity contribution in [2.24, 2.45) is 0 Å². The zero-order valence-corrected chi connectivity index (χ0v) is 17.5. The SMILES string of the molecule is CCCCCCCC(=O)N[C@H](CN1CCCC1)[C@H](C)c1ccc(OC)cc1. The third-order valence-corrected chi connectivity index (χ3v) is 5.75. The van der Waals surface area contributed by atoms with Crippen LogP contribution in [0.5, 0.6) is 5.75 Å². The zero-order chi connectivity index (χ0) is 19.5. The molecule has 0 aromatic heterocycles. The van der Waals surface area contributed by atoms with Crippen molar-refractivity contribution >= 4 is 5.91 Å². The van der Waals surface area contributed by atoms with Crippen LogP contribution in [0.15, 0.2) is 24.3 Å². The topological polar surface area (TPSA) is 41.6 Å². The molecule has 27 heavy (non-hydrogen) atoms. The van der Waals surface area contributed by atoms with Gasteiger partial charge in [0.2, 0.25) is 5.91 Å². The van der Waals surface area contributed by atoms with Crippen molar-refractivity contribution < 1.29 is 9.53 Å². The Balaban J connectivity index is 1.93. The predicted octanol–water partition coefficient (Wildman–Crippen LogP) is 4.74. The first-order valence-corrected chi connectivity index (χ1v) is 10.8. The molecule has 0 radical (unpaired) electrons. The Labute approximate surface area is 165 Å². The number of nitrogens with zero attached hydrogens (tertiary/aromatic N) is 1. The Bertz CT molecular complexity index is 538. The van der Waals surface area contributed by atoms with E-state index < -0.39 is 0 Å². The maximum Gasteiger partial charge on any atom is 0.220 e. The summed E-state index contributed by atoms with van der Waals surface area (Å²) in [5.74, 6) is 1.36. The van der Waals surface area contributed by atoms with E-state index in [4.69, 9.17) is 4.74 Å². The summed E-state index contributed by atoms with van der Waals surface area (Å²) in [6.45, 7) is 7.69. The van der Waals surface area contributed by atoms with Gasteiger partial charge in [0.1, 0.15) is 5.75 Å². The molecule has 0 aliphatic carbocycles. The van der Waals surface area contributed by atoms with Gasteiger partial charge in [-0.25, -0.2) is 0 Å². The first-order chi connectivity index (χ1) is 13.1. The van der Waals surface area contributed by atoms with E-state index in [1.165, 1.54) is 37.7 Å². The minimum absolute atomic E-state index is 0.152. The van der Waals surface area contributed by atoms with Gasteiger partial charge in [-0.1, -0.05) is 51.7 Å². The molecule has 0 spiro atoms. The second-order valence-corrected chi connectivity index (χ2v) is 7.91. The van der Waals surface area contributed by atoms with Crippen LogP contribution in [0.1, 0.15) is 76.7 Å². The molecule has 2 rings (SSSR count). The van der Waals surface area contributed by atoms with Gasteiger partial charge in [-0.15, -0.1) is 0 Å². The van der Waals surface area contributed by atoms with E-state index in [1.807, 2.05) is 12.1 Å². The van der Waals surface area contributed by atoms with Crippen LogP contribution in [0.2, 0.25) is 0 Å². The highest BCUT2D eigenvalue weighted by atomic mass is 16.5. The molecule has 1 N–H and O–H groups in total. The Kier molecular flexibility index (Phi) is 9.68. The molecule has 0 bridgehead atoms. The Hall–Kier alpha value is -1.55. The third kappa shape index (κ3) is 7.53. The standard InChI is InChI=1S/C23H38N2O2/c1-4-5-6-7-8-11-23(26)24-22(18-25-16-9-10-17-25)19(2)20-12-14-21(27-3)15-13-20/h12-15,19,22H,4-11,16-18H2,1-3H3,(H,24,26)/t19-,22-/m1/s1. The maximum atomic E-state index is 12.5. The van der Waals surface area contributed by atoms with Crippen LogP contribution in [-0.2, 0) is 4.79 Å². The van der Waals surface area contributed by atoms with Gasteiger partial charge in [-0.2, -0.15) is 0 Å². The lowest BCUT2D eigenvalue weighted by Gasteiger charge is -2.30. The van der Waals surface area contributed by atoms with Crippen LogP contribution >= 0.6 is 0 Å². The minimum atomic E-state index is 0.152. The van der Waals surface area contributed by atoms with Gasteiger partial charge >= 0.3 is 0 Å². The van der Waals surface area contributed by atoms with Gasteiger partial charge in [0, 0.05) is 24.9 Å². The summed E-state index contributed by atoms with van der Waals surface area (Å²) in [5, 5.41) is 3.35. The summed E-state index contributed by atoms with van der Waals surface area (Å²) in [7, 11) is 1.69. The number of carbonyl (C=O) groups is 1. The number of likely N-dealkylation sites (tertiary alicyclic amines) is 1. The van der Waals surface area contributed by atoms with Gasteiger partial charge in [0.25, 0.3) is 0 Å². The summed E-state index contributed by atoms with van der Waals surface area (Å²) in [6.07, 6.45) is 9.10. The van der Waals surface area contributed by atoms with Crippen molar-refractivity contribution in [1.29, 1.82) is 0 Å².